The molecule has 0 amide bonds. The highest BCUT2D eigenvalue weighted by molar-refractivity contribution is 5.98. The number of aromatic nitrogens is 1. The van der Waals surface area contributed by atoms with E-state index in [0.717, 1.165) is 49.9 Å². The fourth-order valence-corrected chi connectivity index (χ4v) is 3.15. The molecule has 0 spiro atoms. The topological polar surface area (TPSA) is 60.3 Å². The molecule has 0 aliphatic heterocycles. The molecular weight excluding hydrogens is 328 g/mol. The lowest BCUT2D eigenvalue weighted by Crippen LogP contribution is -2.22. The molecule has 1 N–H and O–H groups in total. The summed E-state index contributed by atoms with van der Waals surface area (Å²) in [6.45, 7) is 6.61. The van der Waals surface area contributed by atoms with Crippen LogP contribution in [0.2, 0.25) is 0 Å². The van der Waals surface area contributed by atoms with E-state index in [1.807, 2.05) is 18.2 Å². The van der Waals surface area contributed by atoms with Crippen LogP contribution >= 0.6 is 0 Å². The van der Waals surface area contributed by atoms with Gasteiger partial charge in [-0.2, -0.15) is 0 Å². The predicted octanol–water partition coefficient (Wildman–Crippen LogP) is 4.28. The summed E-state index contributed by atoms with van der Waals surface area (Å²) in [6.07, 6.45) is 8.62. The van der Waals surface area contributed by atoms with Gasteiger partial charge in [0.25, 0.3) is 0 Å². The molecule has 0 radical (unpaired) electrons. The lowest BCUT2D eigenvalue weighted by atomic mass is 10.1. The first-order chi connectivity index (χ1) is 12.7. The van der Waals surface area contributed by atoms with E-state index in [4.69, 9.17) is 4.74 Å². The van der Waals surface area contributed by atoms with Crippen molar-refractivity contribution in [2.75, 3.05) is 18.5 Å². The molecule has 1 saturated carbocycles. The largest absolute Gasteiger partial charge is 0.458 e. The average molecular weight is 354 g/mol. The van der Waals surface area contributed by atoms with E-state index in [-0.39, 0.29) is 17.6 Å². The van der Waals surface area contributed by atoms with E-state index in [0.29, 0.717) is 11.4 Å². The average Bonchev–Trinajstić information content (AvgIpc) is 3.48. The number of carbonyl (C=O) groups is 1. The standard InChI is InChI=1S/C21H26N2O3/c1-3-5-6-12-22-17-8-7-9-18-19(17)20(24)16(21(25)26-13-4-2)14-23(18)15-10-11-15/h4,7-9,14-15,22H,2-3,5-6,10-13H2,1H3. The minimum Gasteiger partial charge on any atom is -0.458 e. The summed E-state index contributed by atoms with van der Waals surface area (Å²) in [6, 6.07) is 6.16. The van der Waals surface area contributed by atoms with E-state index in [1.165, 1.54) is 6.08 Å². The summed E-state index contributed by atoms with van der Waals surface area (Å²) in [7, 11) is 0. The number of hydrogen-bond donors (Lipinski definition) is 1. The maximum absolute atomic E-state index is 13.1. The van der Waals surface area contributed by atoms with Crippen molar-refractivity contribution in [3.05, 3.63) is 52.8 Å². The zero-order valence-corrected chi connectivity index (χ0v) is 15.3. The van der Waals surface area contributed by atoms with Crippen LogP contribution in [0.5, 0.6) is 0 Å². The summed E-state index contributed by atoms with van der Waals surface area (Å²) in [5, 5.41) is 3.95. The lowest BCUT2D eigenvalue weighted by molar-refractivity contribution is 0.0547. The molecular formula is C21H26N2O3. The minimum absolute atomic E-state index is 0.0917. The molecule has 5 nitrogen and oxygen atoms in total. The Bertz CT molecular complexity index is 865. The van der Waals surface area contributed by atoms with Crippen molar-refractivity contribution >= 4 is 22.6 Å². The number of pyridine rings is 1. The number of fused-ring (bicyclic) bond motifs is 1. The van der Waals surface area contributed by atoms with Crippen molar-refractivity contribution < 1.29 is 9.53 Å². The third kappa shape index (κ3) is 3.82. The van der Waals surface area contributed by atoms with Crippen molar-refractivity contribution in [3.63, 3.8) is 0 Å². The molecule has 1 fully saturated rings. The third-order valence-electron chi connectivity index (χ3n) is 4.65. The van der Waals surface area contributed by atoms with Gasteiger partial charge in [0.2, 0.25) is 5.43 Å². The zero-order chi connectivity index (χ0) is 18.5. The fraction of sp³-hybridized carbons (Fsp3) is 0.429. The Hall–Kier alpha value is -2.56. The number of nitrogens with one attached hydrogen (secondary N) is 1. The number of esters is 1. The molecule has 3 rings (SSSR count). The lowest BCUT2D eigenvalue weighted by Gasteiger charge is -2.15. The Labute approximate surface area is 153 Å². The van der Waals surface area contributed by atoms with Gasteiger partial charge >= 0.3 is 5.97 Å². The van der Waals surface area contributed by atoms with Crippen LogP contribution in [-0.4, -0.2) is 23.7 Å². The number of anilines is 1. The van der Waals surface area contributed by atoms with Crippen LogP contribution in [0.1, 0.15) is 55.4 Å². The second-order valence-electron chi connectivity index (χ2n) is 6.73. The number of nitrogens with zero attached hydrogens (tertiary/aromatic N) is 1. The second kappa shape index (κ2) is 8.21. The molecule has 26 heavy (non-hydrogen) atoms. The molecule has 0 unspecified atom stereocenters. The number of benzene rings is 1. The Morgan fingerprint density at radius 3 is 2.88 bits per heavy atom. The van der Waals surface area contributed by atoms with E-state index in [2.05, 4.69) is 23.4 Å². The second-order valence-corrected chi connectivity index (χ2v) is 6.73. The quantitative estimate of drug-likeness (QED) is 0.415. The van der Waals surface area contributed by atoms with Gasteiger partial charge in [0.15, 0.2) is 0 Å². The van der Waals surface area contributed by atoms with Crippen molar-refractivity contribution in [1.29, 1.82) is 0 Å². The molecule has 0 saturated heterocycles. The van der Waals surface area contributed by atoms with Crippen LogP contribution in [0.3, 0.4) is 0 Å². The van der Waals surface area contributed by atoms with Crippen LogP contribution in [-0.2, 0) is 4.74 Å². The van der Waals surface area contributed by atoms with Gasteiger partial charge in [-0.15, -0.1) is 0 Å². The van der Waals surface area contributed by atoms with Crippen LogP contribution in [0, 0.1) is 0 Å². The third-order valence-corrected chi connectivity index (χ3v) is 4.65. The zero-order valence-electron chi connectivity index (χ0n) is 15.3. The molecule has 1 aromatic heterocycles. The minimum atomic E-state index is -0.591. The number of ether oxygens (including phenoxy) is 1. The predicted molar refractivity (Wildman–Crippen MR) is 105 cm³/mol. The van der Waals surface area contributed by atoms with Gasteiger partial charge in [-0.25, -0.2) is 4.79 Å². The summed E-state index contributed by atoms with van der Waals surface area (Å²) in [5.41, 5.74) is 1.48. The van der Waals surface area contributed by atoms with Gasteiger partial charge in [0, 0.05) is 24.5 Å². The molecule has 0 atom stereocenters. The highest BCUT2D eigenvalue weighted by Crippen LogP contribution is 2.37. The summed E-state index contributed by atoms with van der Waals surface area (Å²) < 4.78 is 7.18. The van der Waals surface area contributed by atoms with E-state index in [9.17, 15) is 9.59 Å². The Balaban J connectivity index is 2.06. The number of carbonyl (C=O) groups excluding carboxylic acids is 1. The summed E-state index contributed by atoms with van der Waals surface area (Å²) >= 11 is 0. The molecule has 138 valence electrons. The molecule has 1 aliphatic rings. The van der Waals surface area contributed by atoms with Gasteiger partial charge in [0.05, 0.1) is 10.9 Å². The van der Waals surface area contributed by atoms with Crippen LogP contribution in [0.25, 0.3) is 10.9 Å². The summed E-state index contributed by atoms with van der Waals surface area (Å²) in [5.74, 6) is -0.591. The van der Waals surface area contributed by atoms with Gasteiger partial charge in [-0.3, -0.25) is 4.79 Å². The first-order valence-corrected chi connectivity index (χ1v) is 9.37. The number of rotatable bonds is 9. The van der Waals surface area contributed by atoms with E-state index >= 15 is 0 Å². The van der Waals surface area contributed by atoms with Crippen LogP contribution in [0.4, 0.5) is 5.69 Å². The molecule has 2 aromatic rings. The van der Waals surface area contributed by atoms with Crippen molar-refractivity contribution in [3.8, 4) is 0 Å². The first-order valence-electron chi connectivity index (χ1n) is 9.37. The SMILES string of the molecule is C=CCOC(=O)c1cn(C2CC2)c2cccc(NCCCCC)c2c1=O. The normalized spacial score (nSPS) is 13.6. The Kier molecular flexibility index (Phi) is 5.76. The van der Waals surface area contributed by atoms with E-state index in [1.54, 1.807) is 6.20 Å². The number of hydrogen-bond acceptors (Lipinski definition) is 4. The highest BCUT2D eigenvalue weighted by atomic mass is 16.5. The fourth-order valence-electron chi connectivity index (χ4n) is 3.15. The monoisotopic (exact) mass is 354 g/mol. The van der Waals surface area contributed by atoms with Crippen molar-refractivity contribution in [2.24, 2.45) is 0 Å². The molecule has 1 aromatic carbocycles. The molecule has 1 aliphatic carbocycles. The summed E-state index contributed by atoms with van der Waals surface area (Å²) in [4.78, 5) is 25.4. The van der Waals surface area contributed by atoms with Gasteiger partial charge < -0.3 is 14.6 Å². The van der Waals surface area contributed by atoms with Crippen molar-refractivity contribution in [1.82, 2.24) is 4.57 Å². The Morgan fingerprint density at radius 2 is 2.19 bits per heavy atom. The smallest absolute Gasteiger partial charge is 0.343 e. The molecule has 0 bridgehead atoms. The Morgan fingerprint density at radius 1 is 1.38 bits per heavy atom. The van der Waals surface area contributed by atoms with Crippen LogP contribution in [0.15, 0.2) is 41.8 Å². The molecule has 1 heterocycles. The van der Waals surface area contributed by atoms with Gasteiger partial charge in [0.1, 0.15) is 12.2 Å². The van der Waals surface area contributed by atoms with Gasteiger partial charge in [-0.1, -0.05) is 38.5 Å². The molecule has 5 heteroatoms. The highest BCUT2D eigenvalue weighted by Gasteiger charge is 2.27. The van der Waals surface area contributed by atoms with Crippen molar-refractivity contribution in [2.45, 2.75) is 45.1 Å². The van der Waals surface area contributed by atoms with E-state index < -0.39 is 5.97 Å². The van der Waals surface area contributed by atoms with Crippen LogP contribution < -0.4 is 10.7 Å². The maximum atomic E-state index is 13.1. The maximum Gasteiger partial charge on any atom is 0.343 e. The van der Waals surface area contributed by atoms with Gasteiger partial charge in [-0.05, 0) is 31.4 Å². The number of unbranched alkanes of at least 4 members (excludes halogenated alkanes) is 2. The first kappa shape index (κ1) is 18.2.